The van der Waals surface area contributed by atoms with E-state index in [1.807, 2.05) is 67.7 Å². The van der Waals surface area contributed by atoms with Crippen molar-refractivity contribution in [3.63, 3.8) is 0 Å². The summed E-state index contributed by atoms with van der Waals surface area (Å²) in [6.07, 6.45) is 3.66. The van der Waals surface area contributed by atoms with Crippen LogP contribution >= 0.6 is 0 Å². The van der Waals surface area contributed by atoms with Crippen molar-refractivity contribution in [2.75, 3.05) is 0 Å². The molecule has 5 aromatic carbocycles. The summed E-state index contributed by atoms with van der Waals surface area (Å²) in [7, 11) is 0. The summed E-state index contributed by atoms with van der Waals surface area (Å²) >= 11 is 0. The van der Waals surface area contributed by atoms with E-state index in [0.717, 1.165) is 88.8 Å². The predicted octanol–water partition coefficient (Wildman–Crippen LogP) is 12.7. The molecule has 5 heterocycles. The Labute approximate surface area is 339 Å². The molecule has 0 aliphatic rings. The average molecular weight is 901 g/mol. The van der Waals surface area contributed by atoms with E-state index in [0.29, 0.717) is 0 Å². The van der Waals surface area contributed by atoms with E-state index < -0.39 is 0 Å². The van der Waals surface area contributed by atoms with Crippen molar-refractivity contribution in [2.24, 2.45) is 0 Å². The topological polar surface area (TPSA) is 64.7 Å². The van der Waals surface area contributed by atoms with Gasteiger partial charge in [-0.1, -0.05) is 77.7 Å². The van der Waals surface area contributed by atoms with Gasteiger partial charge in [0.1, 0.15) is 11.1 Å². The first-order valence-corrected chi connectivity index (χ1v) is 18.4. The second-order valence-electron chi connectivity index (χ2n) is 13.9. The van der Waals surface area contributed by atoms with E-state index in [9.17, 15) is 0 Å². The Morgan fingerprint density at radius 1 is 0.554 bits per heavy atom. The minimum absolute atomic E-state index is 0. The van der Waals surface area contributed by atoms with Gasteiger partial charge < -0.3 is 14.4 Å². The van der Waals surface area contributed by atoms with Crippen molar-refractivity contribution < 1.29 is 24.5 Å². The van der Waals surface area contributed by atoms with Crippen LogP contribution in [0.1, 0.15) is 22.4 Å². The average Bonchev–Trinajstić information content (AvgIpc) is 3.62. The molecule has 10 rings (SSSR count). The van der Waals surface area contributed by atoms with E-state index in [2.05, 4.69) is 117 Å². The molecule has 5 nitrogen and oxygen atoms in total. The molecule has 6 heteroatoms. The summed E-state index contributed by atoms with van der Waals surface area (Å²) in [6.45, 7) is 8.47. The molecule has 0 atom stereocenters. The normalized spacial score (nSPS) is 11.1. The summed E-state index contributed by atoms with van der Waals surface area (Å²) in [4.78, 5) is 18.9. The Hall–Kier alpha value is -6.33. The van der Waals surface area contributed by atoms with Gasteiger partial charge in [-0.2, -0.15) is 0 Å². The number of nitrogens with zero attached hydrogens (tertiary/aromatic N) is 4. The third kappa shape index (κ3) is 6.79. The number of fused-ring (bicyclic) bond motifs is 6. The fourth-order valence-electron chi connectivity index (χ4n) is 7.50. The monoisotopic (exact) mass is 901 g/mol. The van der Waals surface area contributed by atoms with Gasteiger partial charge in [-0.3, -0.25) is 0 Å². The number of aryl methyl sites for hydroxylation is 4. The van der Waals surface area contributed by atoms with Gasteiger partial charge in [0.2, 0.25) is 0 Å². The SMILES string of the molecule is Cc1ccc2ccc3c4cc[c-]c(-c5cc(-c6ccc7nc(-c8c(C)cccc8C)ccc7c6C)ccn5)c4oc3c2n1.[Ir].[c-]1ccccc1-c1ccccn1. The van der Waals surface area contributed by atoms with Gasteiger partial charge in [0.25, 0.3) is 0 Å². The molecule has 0 unspecified atom stereocenters. The molecule has 5 aromatic heterocycles. The number of hydrogen-bond donors (Lipinski definition) is 0. The molecule has 0 N–H and O–H groups in total. The van der Waals surface area contributed by atoms with Gasteiger partial charge in [-0.15, -0.1) is 54.1 Å². The Bertz CT molecular complexity index is 2970. The maximum Gasteiger partial charge on any atom is 0.147 e. The molecule has 0 saturated heterocycles. The zero-order valence-electron chi connectivity index (χ0n) is 31.4. The minimum atomic E-state index is 0. The second kappa shape index (κ2) is 15.4. The molecule has 0 amide bonds. The van der Waals surface area contributed by atoms with E-state index in [1.165, 1.54) is 22.3 Å². The zero-order valence-corrected chi connectivity index (χ0v) is 33.8. The van der Waals surface area contributed by atoms with Crippen molar-refractivity contribution in [1.29, 1.82) is 0 Å². The quantitative estimate of drug-likeness (QED) is 0.165. The number of hydrogen-bond acceptors (Lipinski definition) is 5. The molecular weight excluding hydrogens is 865 g/mol. The molecule has 0 aliphatic heterocycles. The van der Waals surface area contributed by atoms with Gasteiger partial charge in [-0.25, -0.2) is 9.97 Å². The first kappa shape index (κ1) is 36.6. The third-order valence-corrected chi connectivity index (χ3v) is 10.3. The van der Waals surface area contributed by atoms with Crippen LogP contribution in [-0.2, 0) is 20.1 Å². The molecule has 0 aliphatic carbocycles. The van der Waals surface area contributed by atoms with Crippen molar-refractivity contribution in [3.05, 3.63) is 180 Å². The smallest absolute Gasteiger partial charge is 0.147 e. The third-order valence-electron chi connectivity index (χ3n) is 10.3. The Kier molecular flexibility index (Phi) is 10.1. The van der Waals surface area contributed by atoms with Crippen LogP contribution in [0.4, 0.5) is 0 Å². The summed E-state index contributed by atoms with van der Waals surface area (Å²) < 4.78 is 6.56. The van der Waals surface area contributed by atoms with E-state index in [-0.39, 0.29) is 20.1 Å². The van der Waals surface area contributed by atoms with Gasteiger partial charge in [0, 0.05) is 59.9 Å². The molecule has 1 radical (unpaired) electrons. The minimum Gasteiger partial charge on any atom is -0.498 e. The predicted molar refractivity (Wildman–Crippen MR) is 225 cm³/mol. The van der Waals surface area contributed by atoms with E-state index in [1.54, 1.807) is 6.20 Å². The number of furan rings is 1. The fourth-order valence-corrected chi connectivity index (χ4v) is 7.50. The van der Waals surface area contributed by atoms with Gasteiger partial charge in [-0.05, 0) is 97.2 Å². The van der Waals surface area contributed by atoms with Gasteiger partial charge >= 0.3 is 0 Å². The second-order valence-corrected chi connectivity index (χ2v) is 13.9. The molecule has 56 heavy (non-hydrogen) atoms. The first-order valence-electron chi connectivity index (χ1n) is 18.4. The standard InChI is InChI=1S/C39H28N3O.C11H8N.Ir/c1-22-7-5-8-23(2)36(22)34-18-16-29-25(4)28(15-17-33(29)42-34)27-19-20-40-35(21-27)32-10-6-9-30-31-14-13-26-12-11-24(3)41-37(26)39(31)43-38(30)32;1-2-6-10(7-3-1)11-8-4-5-9-12-11;/h5-9,11-21H,1-4H3;1-6,8-9H;/q2*-1;. The van der Waals surface area contributed by atoms with Crippen LogP contribution in [0, 0.1) is 39.8 Å². The van der Waals surface area contributed by atoms with Crippen molar-refractivity contribution >= 4 is 43.7 Å². The largest absolute Gasteiger partial charge is 0.498 e. The molecular formula is C50H36IrN4O-2. The molecule has 10 aromatic rings. The van der Waals surface area contributed by atoms with Gasteiger partial charge in [0.15, 0.2) is 0 Å². The molecule has 0 saturated carbocycles. The van der Waals surface area contributed by atoms with Crippen molar-refractivity contribution in [3.8, 4) is 44.9 Å². The summed E-state index contributed by atoms with van der Waals surface area (Å²) in [5.74, 6) is 0. The molecule has 0 fully saturated rings. The van der Waals surface area contributed by atoms with Crippen LogP contribution < -0.4 is 0 Å². The fraction of sp³-hybridized carbons (Fsp3) is 0.0800. The maximum atomic E-state index is 6.56. The van der Waals surface area contributed by atoms with Crippen LogP contribution in [-0.4, -0.2) is 19.9 Å². The summed E-state index contributed by atoms with van der Waals surface area (Å²) in [6, 6.07) is 51.8. The van der Waals surface area contributed by atoms with Crippen molar-refractivity contribution in [2.45, 2.75) is 27.7 Å². The summed E-state index contributed by atoms with van der Waals surface area (Å²) in [5.41, 5.74) is 16.2. The molecule has 273 valence electrons. The van der Waals surface area contributed by atoms with Crippen molar-refractivity contribution in [1.82, 2.24) is 19.9 Å². The van der Waals surface area contributed by atoms with E-state index >= 15 is 0 Å². The Morgan fingerprint density at radius 2 is 1.34 bits per heavy atom. The zero-order chi connectivity index (χ0) is 37.5. The summed E-state index contributed by atoms with van der Waals surface area (Å²) in [5, 5.41) is 4.29. The van der Waals surface area contributed by atoms with E-state index in [4.69, 9.17) is 19.4 Å². The van der Waals surface area contributed by atoms with Crippen LogP contribution in [0.5, 0.6) is 0 Å². The van der Waals surface area contributed by atoms with Crippen LogP contribution in [0.25, 0.3) is 88.6 Å². The molecule has 0 spiro atoms. The Morgan fingerprint density at radius 3 is 2.14 bits per heavy atom. The number of aromatic nitrogens is 4. The number of rotatable bonds is 4. The maximum absolute atomic E-state index is 6.56. The van der Waals surface area contributed by atoms with Crippen LogP contribution in [0.2, 0.25) is 0 Å². The number of pyridine rings is 4. The van der Waals surface area contributed by atoms with Crippen LogP contribution in [0.3, 0.4) is 0 Å². The first-order chi connectivity index (χ1) is 26.9. The van der Waals surface area contributed by atoms with Gasteiger partial charge in [0.05, 0.1) is 16.8 Å². The molecule has 0 bridgehead atoms. The Balaban J connectivity index is 0.000000290. The van der Waals surface area contributed by atoms with Crippen LogP contribution in [0.15, 0.2) is 150 Å². The number of benzene rings is 5.